The molecule has 0 amide bonds. The molecule has 0 fully saturated rings. The van der Waals surface area contributed by atoms with E-state index in [-0.39, 0.29) is 11.9 Å². The Morgan fingerprint density at radius 1 is 1.05 bits per heavy atom. The van der Waals surface area contributed by atoms with Crippen molar-refractivity contribution in [2.24, 2.45) is 5.73 Å². The van der Waals surface area contributed by atoms with E-state index >= 15 is 0 Å². The molecule has 0 aliphatic carbocycles. The van der Waals surface area contributed by atoms with Crippen molar-refractivity contribution in [3.63, 3.8) is 0 Å². The van der Waals surface area contributed by atoms with Crippen LogP contribution in [-0.4, -0.2) is 0 Å². The molecule has 0 saturated heterocycles. The van der Waals surface area contributed by atoms with Gasteiger partial charge in [0, 0.05) is 14.6 Å². The van der Waals surface area contributed by atoms with Crippen molar-refractivity contribution in [3.8, 4) is 0 Å². The van der Waals surface area contributed by atoms with Crippen LogP contribution in [0.5, 0.6) is 0 Å². The van der Waals surface area contributed by atoms with Gasteiger partial charge < -0.3 is 5.73 Å². The number of nitrogens with two attached hydrogens (primary N) is 1. The van der Waals surface area contributed by atoms with Gasteiger partial charge in [0.1, 0.15) is 5.82 Å². The fourth-order valence-electron chi connectivity index (χ4n) is 2.01. The van der Waals surface area contributed by atoms with Gasteiger partial charge in [0.15, 0.2) is 0 Å². The molecule has 1 atom stereocenters. The van der Waals surface area contributed by atoms with Gasteiger partial charge in [0.05, 0.1) is 6.04 Å². The summed E-state index contributed by atoms with van der Waals surface area (Å²) >= 11 is 7.38. The zero-order valence-electron chi connectivity index (χ0n) is 9.94. The van der Waals surface area contributed by atoms with Gasteiger partial charge in [-0.2, -0.15) is 0 Å². The van der Waals surface area contributed by atoms with Crippen LogP contribution >= 0.6 is 22.9 Å². The number of benzene rings is 2. The van der Waals surface area contributed by atoms with E-state index in [1.807, 2.05) is 30.3 Å². The number of thiophene rings is 1. The van der Waals surface area contributed by atoms with Crippen molar-refractivity contribution in [2.75, 3.05) is 0 Å². The maximum atomic E-state index is 13.2. The molecule has 0 aliphatic heterocycles. The first-order chi connectivity index (χ1) is 9.13. The van der Waals surface area contributed by atoms with Gasteiger partial charge >= 0.3 is 0 Å². The lowest BCUT2D eigenvalue weighted by molar-refractivity contribution is 0.630. The quantitative estimate of drug-likeness (QED) is 0.725. The summed E-state index contributed by atoms with van der Waals surface area (Å²) in [4.78, 5) is 1.02. The lowest BCUT2D eigenvalue weighted by atomic mass is 10.1. The van der Waals surface area contributed by atoms with Gasteiger partial charge in [0.25, 0.3) is 0 Å². The van der Waals surface area contributed by atoms with E-state index < -0.39 is 0 Å². The van der Waals surface area contributed by atoms with Gasteiger partial charge in [-0.05, 0) is 41.3 Å². The first kappa shape index (κ1) is 12.6. The minimum atomic E-state index is -0.221. The van der Waals surface area contributed by atoms with Crippen LogP contribution in [0.4, 0.5) is 4.39 Å². The van der Waals surface area contributed by atoms with Gasteiger partial charge in [0.2, 0.25) is 0 Å². The van der Waals surface area contributed by atoms with Gasteiger partial charge in [-0.25, -0.2) is 4.39 Å². The molecular formula is C15H11ClFNS. The number of rotatable bonds is 2. The summed E-state index contributed by atoms with van der Waals surface area (Å²) in [5.74, 6) is -0.221. The van der Waals surface area contributed by atoms with Crippen molar-refractivity contribution in [1.29, 1.82) is 0 Å². The fraction of sp³-hybridized carbons (Fsp3) is 0.0667. The molecule has 2 N–H and O–H groups in total. The first-order valence-electron chi connectivity index (χ1n) is 5.83. The van der Waals surface area contributed by atoms with Crippen LogP contribution < -0.4 is 5.73 Å². The molecule has 1 heterocycles. The predicted molar refractivity (Wildman–Crippen MR) is 79.3 cm³/mol. The van der Waals surface area contributed by atoms with Crippen molar-refractivity contribution in [1.82, 2.24) is 0 Å². The summed E-state index contributed by atoms with van der Waals surface area (Å²) < 4.78 is 14.1. The van der Waals surface area contributed by atoms with E-state index in [0.717, 1.165) is 20.5 Å². The molecule has 0 saturated carbocycles. The summed E-state index contributed by atoms with van der Waals surface area (Å²) in [6.07, 6.45) is 0. The van der Waals surface area contributed by atoms with Crippen LogP contribution in [0.3, 0.4) is 0 Å². The lowest BCUT2D eigenvalue weighted by Crippen LogP contribution is -2.09. The average Bonchev–Trinajstić information content (AvgIpc) is 2.81. The maximum Gasteiger partial charge on any atom is 0.124 e. The Morgan fingerprint density at radius 2 is 1.79 bits per heavy atom. The van der Waals surface area contributed by atoms with Crippen LogP contribution in [0.15, 0.2) is 48.5 Å². The van der Waals surface area contributed by atoms with Gasteiger partial charge in [-0.15, -0.1) is 11.3 Å². The molecule has 4 heteroatoms. The molecule has 3 rings (SSSR count). The lowest BCUT2D eigenvalue weighted by Gasteiger charge is -2.09. The summed E-state index contributed by atoms with van der Waals surface area (Å²) in [6, 6.07) is 14.1. The number of halogens is 2. The molecule has 3 aromatic rings. The minimum Gasteiger partial charge on any atom is -0.320 e. The molecule has 0 bridgehead atoms. The van der Waals surface area contributed by atoms with Crippen LogP contribution in [0.2, 0.25) is 5.02 Å². The van der Waals surface area contributed by atoms with Crippen LogP contribution in [0.1, 0.15) is 16.5 Å². The van der Waals surface area contributed by atoms with Gasteiger partial charge in [-0.3, -0.25) is 0 Å². The standard InChI is InChI=1S/C15H11ClFNS/c16-11-4-1-9(2-5-11)15(18)14-7-10-3-6-12(17)8-13(10)19-14/h1-8,15H,18H2. The largest absolute Gasteiger partial charge is 0.320 e. The molecule has 0 radical (unpaired) electrons. The van der Waals surface area contributed by atoms with E-state index in [1.165, 1.54) is 23.5 Å². The molecule has 1 unspecified atom stereocenters. The minimum absolute atomic E-state index is 0.210. The molecule has 19 heavy (non-hydrogen) atoms. The molecule has 0 spiro atoms. The first-order valence-corrected chi connectivity index (χ1v) is 7.03. The molecule has 0 aliphatic rings. The Balaban J connectivity index is 2.01. The summed E-state index contributed by atoms with van der Waals surface area (Å²) in [7, 11) is 0. The van der Waals surface area contributed by atoms with E-state index in [9.17, 15) is 4.39 Å². The fourth-order valence-corrected chi connectivity index (χ4v) is 3.26. The second-order valence-corrected chi connectivity index (χ2v) is 5.91. The second kappa shape index (κ2) is 4.93. The Labute approximate surface area is 119 Å². The Bertz CT molecular complexity index is 721. The molecule has 2 aromatic carbocycles. The number of fused-ring (bicyclic) bond motifs is 1. The molecule has 1 nitrogen and oxygen atoms in total. The third kappa shape index (κ3) is 2.50. The summed E-state index contributed by atoms with van der Waals surface area (Å²) in [5.41, 5.74) is 7.24. The molecular weight excluding hydrogens is 281 g/mol. The average molecular weight is 292 g/mol. The van der Waals surface area contributed by atoms with E-state index in [4.69, 9.17) is 17.3 Å². The maximum absolute atomic E-state index is 13.2. The van der Waals surface area contributed by atoms with Crippen molar-refractivity contribution in [2.45, 2.75) is 6.04 Å². The SMILES string of the molecule is NC(c1ccc(Cl)cc1)c1cc2ccc(F)cc2s1. The smallest absolute Gasteiger partial charge is 0.124 e. The zero-order chi connectivity index (χ0) is 13.4. The Hall–Kier alpha value is -1.42. The van der Waals surface area contributed by atoms with Crippen LogP contribution in [0, 0.1) is 5.82 Å². The third-order valence-electron chi connectivity index (χ3n) is 3.04. The van der Waals surface area contributed by atoms with E-state index in [1.54, 1.807) is 6.07 Å². The topological polar surface area (TPSA) is 26.0 Å². The zero-order valence-corrected chi connectivity index (χ0v) is 11.5. The van der Waals surface area contributed by atoms with Crippen molar-refractivity contribution in [3.05, 3.63) is 69.8 Å². The predicted octanol–water partition coefficient (Wildman–Crippen LogP) is 4.74. The van der Waals surface area contributed by atoms with E-state index in [2.05, 4.69) is 0 Å². The highest BCUT2D eigenvalue weighted by atomic mass is 35.5. The van der Waals surface area contributed by atoms with Crippen molar-refractivity contribution >= 4 is 33.0 Å². The normalized spacial score (nSPS) is 12.8. The van der Waals surface area contributed by atoms with Crippen LogP contribution in [-0.2, 0) is 0 Å². The monoisotopic (exact) mass is 291 g/mol. The molecule has 96 valence electrons. The summed E-state index contributed by atoms with van der Waals surface area (Å²) in [5, 5.41) is 1.71. The highest BCUT2D eigenvalue weighted by Crippen LogP contribution is 2.32. The second-order valence-electron chi connectivity index (χ2n) is 4.36. The molecule has 1 aromatic heterocycles. The third-order valence-corrected chi connectivity index (χ3v) is 4.47. The van der Waals surface area contributed by atoms with E-state index in [0.29, 0.717) is 5.02 Å². The van der Waals surface area contributed by atoms with Crippen LogP contribution in [0.25, 0.3) is 10.1 Å². The Morgan fingerprint density at radius 3 is 2.53 bits per heavy atom. The van der Waals surface area contributed by atoms with Gasteiger partial charge in [-0.1, -0.05) is 29.8 Å². The number of hydrogen-bond acceptors (Lipinski definition) is 2. The van der Waals surface area contributed by atoms with Crippen molar-refractivity contribution < 1.29 is 4.39 Å². The Kier molecular flexibility index (Phi) is 3.27. The number of hydrogen-bond donors (Lipinski definition) is 1. The highest BCUT2D eigenvalue weighted by Gasteiger charge is 2.12. The summed E-state index contributed by atoms with van der Waals surface area (Å²) in [6.45, 7) is 0. The highest BCUT2D eigenvalue weighted by molar-refractivity contribution is 7.19.